The van der Waals surface area contributed by atoms with Crippen LogP contribution in [0, 0.1) is 0 Å². The van der Waals surface area contributed by atoms with E-state index in [1.165, 1.54) is 16.3 Å². The van der Waals surface area contributed by atoms with Crippen molar-refractivity contribution in [3.8, 4) is 28.3 Å². The first-order chi connectivity index (χ1) is 26.3. The van der Waals surface area contributed by atoms with Crippen molar-refractivity contribution in [2.75, 3.05) is 4.90 Å². The summed E-state index contributed by atoms with van der Waals surface area (Å²) in [5.41, 5.74) is 11.6. The molecule has 0 saturated heterocycles. The number of hydrogen-bond donors (Lipinski definition) is 0. The van der Waals surface area contributed by atoms with E-state index in [0.717, 1.165) is 94.8 Å². The van der Waals surface area contributed by atoms with E-state index in [-0.39, 0.29) is 0 Å². The van der Waals surface area contributed by atoms with Crippen molar-refractivity contribution in [3.63, 3.8) is 0 Å². The van der Waals surface area contributed by atoms with Gasteiger partial charge in [0.25, 0.3) is 0 Å². The third-order valence-corrected chi connectivity index (χ3v) is 10.8. The molecule has 0 bridgehead atoms. The smallest absolute Gasteiger partial charge is 0.160 e. The van der Waals surface area contributed by atoms with Gasteiger partial charge in [-0.15, -0.1) is 0 Å². The van der Waals surface area contributed by atoms with Crippen LogP contribution in [-0.2, 0) is 0 Å². The molecule has 0 unspecified atom stereocenters. The van der Waals surface area contributed by atoms with E-state index >= 15 is 0 Å². The molecule has 0 spiro atoms. The van der Waals surface area contributed by atoms with Gasteiger partial charge < -0.3 is 23.0 Å². The highest BCUT2D eigenvalue weighted by molar-refractivity contribution is 6.15. The maximum atomic E-state index is 6.78. The van der Waals surface area contributed by atoms with Gasteiger partial charge in [0.2, 0.25) is 0 Å². The predicted molar refractivity (Wildman–Crippen MR) is 216 cm³/mol. The van der Waals surface area contributed by atoms with Crippen LogP contribution < -0.4 is 9.64 Å². The third-order valence-electron chi connectivity index (χ3n) is 10.8. The summed E-state index contributed by atoms with van der Waals surface area (Å²) in [4.78, 5) is 2.26. The zero-order chi connectivity index (χ0) is 34.6. The first kappa shape index (κ1) is 28.5. The van der Waals surface area contributed by atoms with Crippen LogP contribution >= 0.6 is 0 Å². The number of ether oxygens (including phenoxy) is 1. The lowest BCUT2D eigenvalue weighted by molar-refractivity contribution is 0.478. The van der Waals surface area contributed by atoms with Crippen LogP contribution in [0.1, 0.15) is 0 Å². The summed E-state index contributed by atoms with van der Waals surface area (Å²) in [6, 6.07) is 59.2. The van der Waals surface area contributed by atoms with Crippen LogP contribution in [0.4, 0.5) is 17.1 Å². The zero-order valence-corrected chi connectivity index (χ0v) is 28.3. The SMILES string of the molecule is c1ccc2c(c1)Oc1c(-c3ccc(N(c4cccc5c4oc4ccccc45)c4cccc5c4oc4ccccc45)cc3)ccc3c4ccccc4n-2c13. The van der Waals surface area contributed by atoms with E-state index in [4.69, 9.17) is 13.6 Å². The molecule has 0 atom stereocenters. The molecule has 0 saturated carbocycles. The molecule has 248 valence electrons. The molecule has 4 heterocycles. The van der Waals surface area contributed by atoms with Gasteiger partial charge in [0, 0.05) is 43.6 Å². The highest BCUT2D eigenvalue weighted by Crippen LogP contribution is 2.50. The van der Waals surface area contributed by atoms with Crippen LogP contribution in [0.25, 0.3) is 82.5 Å². The van der Waals surface area contributed by atoms with Crippen molar-refractivity contribution in [1.82, 2.24) is 4.57 Å². The molecule has 11 aromatic rings. The minimum absolute atomic E-state index is 0.820. The van der Waals surface area contributed by atoms with E-state index < -0.39 is 0 Å². The Labute approximate surface area is 303 Å². The number of anilines is 3. The van der Waals surface area contributed by atoms with Crippen molar-refractivity contribution in [1.29, 1.82) is 0 Å². The Morgan fingerprint density at radius 1 is 0.434 bits per heavy atom. The molecule has 8 aromatic carbocycles. The zero-order valence-electron chi connectivity index (χ0n) is 28.3. The summed E-state index contributed by atoms with van der Waals surface area (Å²) in [5, 5.41) is 6.69. The van der Waals surface area contributed by atoms with Crippen LogP contribution in [-0.4, -0.2) is 4.57 Å². The number of furan rings is 2. The van der Waals surface area contributed by atoms with E-state index in [2.05, 4.69) is 143 Å². The van der Waals surface area contributed by atoms with Gasteiger partial charge in [0.05, 0.1) is 28.1 Å². The second-order valence-electron chi connectivity index (χ2n) is 13.6. The van der Waals surface area contributed by atoms with Crippen LogP contribution in [0.3, 0.4) is 0 Å². The number of para-hydroxylation sites is 7. The molecule has 0 radical (unpaired) electrons. The first-order valence-electron chi connectivity index (χ1n) is 17.8. The lowest BCUT2D eigenvalue weighted by Gasteiger charge is -2.26. The number of benzene rings is 8. The number of hydrogen-bond acceptors (Lipinski definition) is 4. The van der Waals surface area contributed by atoms with Crippen molar-refractivity contribution >= 4 is 82.7 Å². The molecule has 1 aliphatic heterocycles. The van der Waals surface area contributed by atoms with Crippen molar-refractivity contribution < 1.29 is 13.6 Å². The number of rotatable bonds is 4. The fourth-order valence-corrected chi connectivity index (χ4v) is 8.46. The second kappa shape index (κ2) is 10.6. The molecule has 53 heavy (non-hydrogen) atoms. The van der Waals surface area contributed by atoms with E-state index in [0.29, 0.717) is 0 Å². The number of aromatic nitrogens is 1. The predicted octanol–water partition coefficient (Wildman–Crippen LogP) is 13.8. The van der Waals surface area contributed by atoms with Gasteiger partial charge in [-0.3, -0.25) is 0 Å². The number of fused-ring (bicyclic) bond motifs is 11. The molecular weight excluding hydrogens is 653 g/mol. The average molecular weight is 681 g/mol. The summed E-state index contributed by atoms with van der Waals surface area (Å²) < 4.78 is 22.4. The highest BCUT2D eigenvalue weighted by Gasteiger charge is 2.27. The Hall–Kier alpha value is -7.24. The molecule has 3 aromatic heterocycles. The fraction of sp³-hybridized carbons (Fsp3) is 0. The van der Waals surface area contributed by atoms with Gasteiger partial charge in [-0.05, 0) is 66.2 Å². The molecule has 0 amide bonds. The molecule has 0 fully saturated rings. The largest absolute Gasteiger partial charge is 0.454 e. The van der Waals surface area contributed by atoms with Gasteiger partial charge in [0.15, 0.2) is 22.7 Å². The quantitative estimate of drug-likeness (QED) is 0.186. The van der Waals surface area contributed by atoms with E-state index in [1.807, 2.05) is 36.4 Å². The third kappa shape index (κ3) is 3.96. The lowest BCUT2D eigenvalue weighted by Crippen LogP contribution is -2.10. The molecule has 12 rings (SSSR count). The molecular formula is C48H28N2O3. The van der Waals surface area contributed by atoms with Crippen molar-refractivity contribution in [2.24, 2.45) is 0 Å². The van der Waals surface area contributed by atoms with Gasteiger partial charge in [-0.1, -0.05) is 109 Å². The highest BCUT2D eigenvalue weighted by atomic mass is 16.5. The Kier molecular flexibility index (Phi) is 5.71. The Morgan fingerprint density at radius 2 is 1.02 bits per heavy atom. The maximum Gasteiger partial charge on any atom is 0.160 e. The van der Waals surface area contributed by atoms with Crippen molar-refractivity contribution in [2.45, 2.75) is 0 Å². The summed E-state index contributed by atoms with van der Waals surface area (Å²) in [6.45, 7) is 0. The van der Waals surface area contributed by atoms with E-state index in [9.17, 15) is 0 Å². The van der Waals surface area contributed by atoms with Gasteiger partial charge in [0.1, 0.15) is 11.2 Å². The summed E-state index contributed by atoms with van der Waals surface area (Å²) in [5.74, 6) is 1.71. The molecule has 0 aliphatic carbocycles. The van der Waals surface area contributed by atoms with Gasteiger partial charge in [-0.2, -0.15) is 0 Å². The lowest BCUT2D eigenvalue weighted by atomic mass is 10.0. The molecule has 1 aliphatic rings. The monoisotopic (exact) mass is 680 g/mol. The normalized spacial score (nSPS) is 12.3. The summed E-state index contributed by atoms with van der Waals surface area (Å²) >= 11 is 0. The van der Waals surface area contributed by atoms with Crippen LogP contribution in [0.5, 0.6) is 11.5 Å². The Bertz CT molecular complexity index is 3160. The summed E-state index contributed by atoms with van der Waals surface area (Å²) in [6.07, 6.45) is 0. The summed E-state index contributed by atoms with van der Waals surface area (Å²) in [7, 11) is 0. The topological polar surface area (TPSA) is 43.7 Å². The van der Waals surface area contributed by atoms with Crippen molar-refractivity contribution in [3.05, 3.63) is 170 Å². The second-order valence-corrected chi connectivity index (χ2v) is 13.6. The molecule has 0 N–H and O–H groups in total. The van der Waals surface area contributed by atoms with Crippen LogP contribution in [0.2, 0.25) is 0 Å². The minimum atomic E-state index is 0.820. The van der Waals surface area contributed by atoms with E-state index in [1.54, 1.807) is 0 Å². The molecule has 5 nitrogen and oxygen atoms in total. The standard InChI is InChI=1S/C48H28N2O3/c1-4-16-38-32(11-1)35-28-27-31(48-45(35)50(38)39-17-5-8-22-44(39)53-48)29-23-25-30(26-24-29)49(40-18-9-14-36-33-12-2-6-20-42(33)51-46(36)40)41-19-10-15-37-34-13-3-7-21-43(34)52-47(37)41/h1-28H. The Morgan fingerprint density at radius 3 is 1.72 bits per heavy atom. The first-order valence-corrected chi connectivity index (χ1v) is 17.8. The average Bonchev–Trinajstić information content (AvgIpc) is 3.90. The van der Waals surface area contributed by atoms with Crippen LogP contribution in [0.15, 0.2) is 179 Å². The maximum absolute atomic E-state index is 6.78. The molecule has 5 heteroatoms. The van der Waals surface area contributed by atoms with Gasteiger partial charge in [-0.25, -0.2) is 0 Å². The Balaban J connectivity index is 1.08. The minimum Gasteiger partial charge on any atom is -0.454 e. The number of nitrogens with zero attached hydrogens (tertiary/aromatic N) is 2. The van der Waals surface area contributed by atoms with Gasteiger partial charge >= 0.3 is 0 Å². The fourth-order valence-electron chi connectivity index (χ4n) is 8.46.